The second-order valence-corrected chi connectivity index (χ2v) is 7.25. The van der Waals surface area contributed by atoms with Gasteiger partial charge in [-0.1, -0.05) is 24.3 Å². The SMILES string of the molecule is NC(=O)NC(CC(=O)Nc1cccc(OCc2cccc(F)c2)c1)c1cccs1. The number of anilines is 1. The van der Waals surface area contributed by atoms with E-state index in [2.05, 4.69) is 10.6 Å². The first-order chi connectivity index (χ1) is 14.0. The standard InChI is InChI=1S/C21H20FN3O3S/c22-15-5-1-4-14(10-15)13-28-17-7-2-6-16(11-17)24-20(26)12-18(25-21(23)27)19-8-3-9-29-19/h1-11,18H,12-13H2,(H,24,26)(H3,23,25,27). The smallest absolute Gasteiger partial charge is 0.312 e. The lowest BCUT2D eigenvalue weighted by molar-refractivity contribution is -0.116. The largest absolute Gasteiger partial charge is 0.489 e. The Morgan fingerprint density at radius 3 is 2.66 bits per heavy atom. The third-order valence-corrected chi connectivity index (χ3v) is 4.99. The van der Waals surface area contributed by atoms with Gasteiger partial charge in [0.15, 0.2) is 0 Å². The molecule has 3 rings (SSSR count). The van der Waals surface area contributed by atoms with Crippen LogP contribution in [0.5, 0.6) is 5.75 Å². The number of ether oxygens (including phenoxy) is 1. The molecule has 0 aliphatic carbocycles. The van der Waals surface area contributed by atoms with E-state index in [1.165, 1.54) is 23.5 Å². The van der Waals surface area contributed by atoms with Crippen LogP contribution in [0.4, 0.5) is 14.9 Å². The minimum absolute atomic E-state index is 0.0395. The van der Waals surface area contributed by atoms with Crippen molar-refractivity contribution in [2.75, 3.05) is 5.32 Å². The fourth-order valence-electron chi connectivity index (χ4n) is 2.74. The number of primary amides is 1. The minimum atomic E-state index is -0.691. The van der Waals surface area contributed by atoms with Crippen LogP contribution in [0.15, 0.2) is 66.0 Å². The Morgan fingerprint density at radius 1 is 1.10 bits per heavy atom. The summed E-state index contributed by atoms with van der Waals surface area (Å²) in [5, 5.41) is 7.24. The monoisotopic (exact) mass is 413 g/mol. The van der Waals surface area contributed by atoms with E-state index < -0.39 is 12.1 Å². The zero-order chi connectivity index (χ0) is 20.6. The molecule has 2 aromatic carbocycles. The Kier molecular flexibility index (Phi) is 6.80. The van der Waals surface area contributed by atoms with Crippen LogP contribution < -0.4 is 21.1 Å². The van der Waals surface area contributed by atoms with Gasteiger partial charge in [-0.25, -0.2) is 9.18 Å². The number of urea groups is 1. The normalized spacial score (nSPS) is 11.5. The highest BCUT2D eigenvalue weighted by Gasteiger charge is 2.18. The number of hydrogen-bond donors (Lipinski definition) is 3. The number of thiophene rings is 1. The van der Waals surface area contributed by atoms with Crippen molar-refractivity contribution in [1.29, 1.82) is 0 Å². The zero-order valence-corrected chi connectivity index (χ0v) is 16.2. The van der Waals surface area contributed by atoms with Crippen molar-refractivity contribution < 1.29 is 18.7 Å². The number of nitrogens with one attached hydrogen (secondary N) is 2. The molecular weight excluding hydrogens is 393 g/mol. The van der Waals surface area contributed by atoms with Crippen LogP contribution in [-0.4, -0.2) is 11.9 Å². The average molecular weight is 413 g/mol. The van der Waals surface area contributed by atoms with Gasteiger partial charge in [-0.2, -0.15) is 0 Å². The zero-order valence-electron chi connectivity index (χ0n) is 15.4. The van der Waals surface area contributed by atoms with Crippen molar-refractivity contribution in [3.05, 3.63) is 82.3 Å². The third-order valence-electron chi connectivity index (χ3n) is 4.00. The Bertz CT molecular complexity index is 979. The number of hydrogen-bond acceptors (Lipinski definition) is 4. The molecule has 0 radical (unpaired) electrons. The second kappa shape index (κ2) is 9.70. The van der Waals surface area contributed by atoms with E-state index in [4.69, 9.17) is 10.5 Å². The summed E-state index contributed by atoms with van der Waals surface area (Å²) in [5.74, 6) is -0.0615. The Balaban J connectivity index is 1.60. The van der Waals surface area contributed by atoms with Gasteiger partial charge >= 0.3 is 6.03 Å². The molecule has 0 aliphatic rings. The third kappa shape index (κ3) is 6.32. The number of carbonyl (C=O) groups excluding carboxylic acids is 2. The van der Waals surface area contributed by atoms with Crippen molar-refractivity contribution in [3.8, 4) is 5.75 Å². The Morgan fingerprint density at radius 2 is 1.93 bits per heavy atom. The van der Waals surface area contributed by atoms with E-state index in [1.54, 1.807) is 36.4 Å². The van der Waals surface area contributed by atoms with E-state index in [0.29, 0.717) is 17.0 Å². The molecule has 8 heteroatoms. The summed E-state index contributed by atoms with van der Waals surface area (Å²) in [4.78, 5) is 24.5. The maximum atomic E-state index is 13.2. The summed E-state index contributed by atoms with van der Waals surface area (Å²) in [6.07, 6.45) is 0.0395. The summed E-state index contributed by atoms with van der Waals surface area (Å²) in [6.45, 7) is 0.206. The fraction of sp³-hybridized carbons (Fsp3) is 0.143. The highest BCUT2D eigenvalue weighted by Crippen LogP contribution is 2.24. The first-order valence-electron chi connectivity index (χ1n) is 8.86. The number of nitrogens with two attached hydrogens (primary N) is 1. The molecule has 1 unspecified atom stereocenters. The van der Waals surface area contributed by atoms with Crippen LogP contribution in [0, 0.1) is 5.82 Å². The summed E-state index contributed by atoms with van der Waals surface area (Å²) >= 11 is 1.43. The van der Waals surface area contributed by atoms with Gasteiger partial charge in [0.25, 0.3) is 0 Å². The lowest BCUT2D eigenvalue weighted by atomic mass is 10.1. The molecule has 6 nitrogen and oxygen atoms in total. The molecule has 1 heterocycles. The summed E-state index contributed by atoms with van der Waals surface area (Å²) in [7, 11) is 0. The van der Waals surface area contributed by atoms with E-state index in [-0.39, 0.29) is 24.8 Å². The lowest BCUT2D eigenvalue weighted by Gasteiger charge is -2.16. The lowest BCUT2D eigenvalue weighted by Crippen LogP contribution is -2.34. The number of halogens is 1. The van der Waals surface area contributed by atoms with Gasteiger partial charge in [0.05, 0.1) is 12.5 Å². The molecule has 4 N–H and O–H groups in total. The highest BCUT2D eigenvalue weighted by molar-refractivity contribution is 7.10. The van der Waals surface area contributed by atoms with Crippen LogP contribution in [0.2, 0.25) is 0 Å². The summed E-state index contributed by atoms with van der Waals surface area (Å²) < 4.78 is 18.9. The number of rotatable bonds is 8. The molecular formula is C21H20FN3O3S. The highest BCUT2D eigenvalue weighted by atomic mass is 32.1. The molecule has 0 bridgehead atoms. The van der Waals surface area contributed by atoms with Crippen LogP contribution >= 0.6 is 11.3 Å². The maximum absolute atomic E-state index is 13.2. The van der Waals surface area contributed by atoms with Crippen molar-refractivity contribution in [3.63, 3.8) is 0 Å². The molecule has 0 saturated heterocycles. The van der Waals surface area contributed by atoms with Crippen LogP contribution in [-0.2, 0) is 11.4 Å². The summed E-state index contributed by atoms with van der Waals surface area (Å²) in [6, 6.07) is 15.6. The molecule has 1 aromatic heterocycles. The van der Waals surface area contributed by atoms with Gasteiger partial charge in [-0.3, -0.25) is 4.79 Å². The first kappa shape index (κ1) is 20.3. The van der Waals surface area contributed by atoms with E-state index in [0.717, 1.165) is 4.88 Å². The van der Waals surface area contributed by atoms with Crippen molar-refractivity contribution in [1.82, 2.24) is 5.32 Å². The molecule has 0 saturated carbocycles. The van der Waals surface area contributed by atoms with Gasteiger partial charge in [0, 0.05) is 16.6 Å². The Labute approximate surface area is 171 Å². The fourth-order valence-corrected chi connectivity index (χ4v) is 3.52. The maximum Gasteiger partial charge on any atom is 0.312 e. The predicted octanol–water partition coefficient (Wildman–Crippen LogP) is 4.20. The molecule has 0 fully saturated rings. The average Bonchev–Trinajstić information content (AvgIpc) is 3.21. The molecule has 150 valence electrons. The molecule has 1 atom stereocenters. The number of amides is 3. The molecule has 0 aliphatic heterocycles. The predicted molar refractivity (Wildman–Crippen MR) is 110 cm³/mol. The van der Waals surface area contributed by atoms with Crippen molar-refractivity contribution in [2.24, 2.45) is 5.73 Å². The van der Waals surface area contributed by atoms with Crippen LogP contribution in [0.25, 0.3) is 0 Å². The molecule has 0 spiro atoms. The van der Waals surface area contributed by atoms with E-state index in [1.807, 2.05) is 17.5 Å². The topological polar surface area (TPSA) is 93.5 Å². The van der Waals surface area contributed by atoms with Crippen LogP contribution in [0.1, 0.15) is 22.9 Å². The minimum Gasteiger partial charge on any atom is -0.489 e. The van der Waals surface area contributed by atoms with Gasteiger partial charge < -0.3 is 21.1 Å². The van der Waals surface area contributed by atoms with Crippen molar-refractivity contribution in [2.45, 2.75) is 19.1 Å². The van der Waals surface area contributed by atoms with Crippen molar-refractivity contribution >= 4 is 29.0 Å². The van der Waals surface area contributed by atoms with Gasteiger partial charge in [0.2, 0.25) is 5.91 Å². The quantitative estimate of drug-likeness (QED) is 0.517. The first-order valence-corrected chi connectivity index (χ1v) is 9.74. The number of benzene rings is 2. The molecule has 29 heavy (non-hydrogen) atoms. The van der Waals surface area contributed by atoms with Gasteiger partial charge in [-0.05, 0) is 41.3 Å². The van der Waals surface area contributed by atoms with E-state index >= 15 is 0 Å². The van der Waals surface area contributed by atoms with Gasteiger partial charge in [-0.15, -0.1) is 11.3 Å². The van der Waals surface area contributed by atoms with Crippen LogP contribution in [0.3, 0.4) is 0 Å². The Hall–Kier alpha value is -3.39. The number of carbonyl (C=O) groups is 2. The summed E-state index contributed by atoms with van der Waals surface area (Å²) in [5.41, 5.74) is 6.48. The molecule has 3 aromatic rings. The molecule has 3 amide bonds. The second-order valence-electron chi connectivity index (χ2n) is 6.28. The van der Waals surface area contributed by atoms with Gasteiger partial charge in [0.1, 0.15) is 18.2 Å². The van der Waals surface area contributed by atoms with E-state index in [9.17, 15) is 14.0 Å².